The molecule has 0 saturated heterocycles. The van der Waals surface area contributed by atoms with Gasteiger partial charge in [0.2, 0.25) is 0 Å². The molecule has 2 N–H and O–H groups in total. The first-order valence-electron chi connectivity index (χ1n) is 24.9. The molecule has 2 atom stereocenters. The predicted molar refractivity (Wildman–Crippen MR) is 240 cm³/mol. The highest BCUT2D eigenvalue weighted by Gasteiger charge is 2.14. The van der Waals surface area contributed by atoms with Gasteiger partial charge >= 0.3 is 5.97 Å². The Kier molecular flexibility index (Phi) is 43.9. The van der Waals surface area contributed by atoms with Gasteiger partial charge in [-0.05, 0) is 90.9 Å². The van der Waals surface area contributed by atoms with E-state index in [1.807, 2.05) is 6.92 Å². The summed E-state index contributed by atoms with van der Waals surface area (Å²) >= 11 is 0. The van der Waals surface area contributed by atoms with Gasteiger partial charge in [-0.15, -0.1) is 0 Å². The number of esters is 1. The van der Waals surface area contributed by atoms with Crippen molar-refractivity contribution >= 4 is 5.97 Å². The molecule has 0 rings (SSSR count). The maximum absolute atomic E-state index is 12.1. The Bertz CT molecular complexity index is 736. The van der Waals surface area contributed by atoms with Gasteiger partial charge in [-0.1, -0.05) is 188 Å². The van der Waals surface area contributed by atoms with Crippen LogP contribution in [-0.4, -0.2) is 67.2 Å². The maximum atomic E-state index is 12.1. The molecule has 0 amide bonds. The molecule has 0 saturated carbocycles. The molecule has 0 aliphatic rings. The number of rotatable bonds is 46. The van der Waals surface area contributed by atoms with E-state index in [2.05, 4.69) is 37.9 Å². The summed E-state index contributed by atoms with van der Waals surface area (Å²) in [7, 11) is 0. The number of nitrogens with zero attached hydrogens (tertiary/aromatic N) is 1. The van der Waals surface area contributed by atoms with E-state index in [1.54, 1.807) is 0 Å². The van der Waals surface area contributed by atoms with E-state index < -0.39 is 0 Å². The van der Waals surface area contributed by atoms with Crippen molar-refractivity contribution in [3.8, 4) is 0 Å². The number of aliphatic hydroxyl groups excluding tert-OH is 1. The van der Waals surface area contributed by atoms with Crippen molar-refractivity contribution in [3.05, 3.63) is 0 Å². The van der Waals surface area contributed by atoms with Gasteiger partial charge in [0.15, 0.2) is 0 Å². The quantitative estimate of drug-likeness (QED) is 0.0364. The number of hydrogen-bond donors (Lipinski definition) is 2. The van der Waals surface area contributed by atoms with E-state index in [9.17, 15) is 9.90 Å². The van der Waals surface area contributed by atoms with E-state index in [-0.39, 0.29) is 12.2 Å². The second-order valence-corrected chi connectivity index (χ2v) is 17.2. The van der Waals surface area contributed by atoms with Crippen LogP contribution in [0.25, 0.3) is 0 Å². The first-order valence-corrected chi connectivity index (χ1v) is 24.9. The number of ether oxygens (including phenoxy) is 2. The molecule has 6 nitrogen and oxygen atoms in total. The fourth-order valence-electron chi connectivity index (χ4n) is 7.78. The fraction of sp³-hybridized carbons (Fsp3) is 0.980. The number of carbonyl (C=O) groups is 1. The van der Waals surface area contributed by atoms with Crippen LogP contribution in [0.15, 0.2) is 0 Å². The average Bonchev–Trinajstić information content (AvgIpc) is 3.18. The molecule has 0 aliphatic carbocycles. The highest BCUT2D eigenvalue weighted by molar-refractivity contribution is 5.69. The largest absolute Gasteiger partial charge is 0.466 e. The summed E-state index contributed by atoms with van der Waals surface area (Å²) in [4.78, 5) is 14.8. The van der Waals surface area contributed by atoms with Gasteiger partial charge in [-0.2, -0.15) is 0 Å². The predicted octanol–water partition coefficient (Wildman–Crippen LogP) is 14.2. The van der Waals surface area contributed by atoms with Crippen molar-refractivity contribution in [1.82, 2.24) is 10.2 Å². The summed E-state index contributed by atoms with van der Waals surface area (Å²) in [5.74, 6) is -0.00644. The molecule has 0 aliphatic heterocycles. The van der Waals surface area contributed by atoms with Crippen LogP contribution in [0.1, 0.15) is 259 Å². The van der Waals surface area contributed by atoms with Gasteiger partial charge in [-0.25, -0.2) is 0 Å². The standard InChI is InChI=1S/C49H100N2O4/c1-6-10-13-16-19-28-35-45-54-49(53)40-32-25-21-27-34-43-51(44-36-41-50-48(52)9-4)42-33-26-20-22-29-37-46(5)55-47(38-30-23-17-14-11-7-2)39-31-24-18-15-12-8-3/h46-48,50,52H,6-45H2,1-5H3. The molecule has 0 fully saturated rings. The molecule has 0 bridgehead atoms. The minimum atomic E-state index is -0.384. The van der Waals surface area contributed by atoms with Crippen LogP contribution < -0.4 is 5.32 Å². The van der Waals surface area contributed by atoms with E-state index in [0.29, 0.717) is 25.2 Å². The van der Waals surface area contributed by atoms with Gasteiger partial charge in [-0.3, -0.25) is 10.1 Å². The van der Waals surface area contributed by atoms with Crippen LogP contribution >= 0.6 is 0 Å². The SMILES string of the molecule is CCCCCCCCCOC(=O)CCCCCCCN(CCCCCCCC(C)OC(CCCCCCCC)CCCCCCCC)CCCNC(O)CC. The molecule has 0 aromatic rings. The van der Waals surface area contributed by atoms with E-state index in [4.69, 9.17) is 9.47 Å². The minimum Gasteiger partial charge on any atom is -0.466 e. The third kappa shape index (κ3) is 41.3. The zero-order valence-corrected chi connectivity index (χ0v) is 38.1. The van der Waals surface area contributed by atoms with Crippen molar-refractivity contribution < 1.29 is 19.4 Å². The molecule has 0 radical (unpaired) electrons. The molecule has 330 valence electrons. The van der Waals surface area contributed by atoms with Crippen molar-refractivity contribution in [1.29, 1.82) is 0 Å². The number of carbonyl (C=O) groups excluding carboxylic acids is 1. The number of hydrogen-bond acceptors (Lipinski definition) is 6. The van der Waals surface area contributed by atoms with Gasteiger partial charge in [0.1, 0.15) is 6.23 Å². The summed E-state index contributed by atoms with van der Waals surface area (Å²) in [5, 5.41) is 13.1. The molecule has 2 unspecified atom stereocenters. The van der Waals surface area contributed by atoms with Gasteiger partial charge in [0.25, 0.3) is 0 Å². The zero-order chi connectivity index (χ0) is 40.3. The van der Waals surface area contributed by atoms with E-state index in [0.717, 1.165) is 51.7 Å². The summed E-state index contributed by atoms with van der Waals surface area (Å²) in [5.41, 5.74) is 0. The second-order valence-electron chi connectivity index (χ2n) is 17.2. The molecular formula is C49H100N2O4. The maximum Gasteiger partial charge on any atom is 0.305 e. The van der Waals surface area contributed by atoms with Crippen LogP contribution in [0.3, 0.4) is 0 Å². The van der Waals surface area contributed by atoms with Crippen LogP contribution in [0.2, 0.25) is 0 Å². The Labute approximate surface area is 345 Å². The highest BCUT2D eigenvalue weighted by atomic mass is 16.5. The number of nitrogens with one attached hydrogen (secondary N) is 1. The molecular weight excluding hydrogens is 681 g/mol. The summed E-state index contributed by atoms with van der Waals surface area (Å²) in [6, 6.07) is 0. The van der Waals surface area contributed by atoms with Crippen molar-refractivity contribution in [3.63, 3.8) is 0 Å². The highest BCUT2D eigenvalue weighted by Crippen LogP contribution is 2.20. The smallest absolute Gasteiger partial charge is 0.305 e. The molecule has 0 spiro atoms. The molecule has 55 heavy (non-hydrogen) atoms. The minimum absolute atomic E-state index is 0.00644. The van der Waals surface area contributed by atoms with E-state index >= 15 is 0 Å². The van der Waals surface area contributed by atoms with Crippen molar-refractivity contribution in [2.75, 3.05) is 32.8 Å². The van der Waals surface area contributed by atoms with Crippen molar-refractivity contribution in [2.24, 2.45) is 0 Å². The van der Waals surface area contributed by atoms with E-state index in [1.165, 1.54) is 193 Å². The first-order chi connectivity index (χ1) is 27.0. The van der Waals surface area contributed by atoms with Crippen LogP contribution in [0, 0.1) is 0 Å². The fourth-order valence-corrected chi connectivity index (χ4v) is 7.78. The summed E-state index contributed by atoms with van der Waals surface area (Å²) < 4.78 is 12.2. The molecule has 0 aromatic heterocycles. The Hall–Kier alpha value is -0.690. The molecule has 0 aromatic carbocycles. The van der Waals surface area contributed by atoms with Crippen LogP contribution in [-0.2, 0) is 14.3 Å². The average molecular weight is 781 g/mol. The van der Waals surface area contributed by atoms with Crippen molar-refractivity contribution in [2.45, 2.75) is 278 Å². The molecule has 6 heteroatoms. The topological polar surface area (TPSA) is 71.0 Å². The van der Waals surface area contributed by atoms with Gasteiger partial charge in [0, 0.05) is 6.42 Å². The van der Waals surface area contributed by atoms with Crippen LogP contribution in [0.4, 0.5) is 0 Å². The van der Waals surface area contributed by atoms with Crippen LogP contribution in [0.5, 0.6) is 0 Å². The monoisotopic (exact) mass is 781 g/mol. The summed E-state index contributed by atoms with van der Waals surface area (Å²) in [6.45, 7) is 16.1. The normalized spacial score (nSPS) is 12.9. The summed E-state index contributed by atoms with van der Waals surface area (Å²) in [6.07, 6.45) is 44.0. The zero-order valence-electron chi connectivity index (χ0n) is 38.1. The Morgan fingerprint density at radius 1 is 0.527 bits per heavy atom. The lowest BCUT2D eigenvalue weighted by molar-refractivity contribution is -0.143. The lowest BCUT2D eigenvalue weighted by Gasteiger charge is -2.23. The second kappa shape index (κ2) is 44.4. The first kappa shape index (κ1) is 54.3. The lowest BCUT2D eigenvalue weighted by atomic mass is 10.0. The third-order valence-electron chi connectivity index (χ3n) is 11.6. The lowest BCUT2D eigenvalue weighted by Crippen LogP contribution is -2.33. The van der Waals surface area contributed by atoms with Gasteiger partial charge in [0.05, 0.1) is 18.8 Å². The third-order valence-corrected chi connectivity index (χ3v) is 11.6. The Morgan fingerprint density at radius 3 is 1.45 bits per heavy atom. The van der Waals surface area contributed by atoms with Gasteiger partial charge < -0.3 is 19.5 Å². The number of unbranched alkanes of at least 4 members (excludes halogenated alkanes) is 24. The molecule has 0 heterocycles. The Morgan fingerprint density at radius 2 is 0.945 bits per heavy atom. The number of aliphatic hydroxyl groups is 1. The Balaban J connectivity index is 4.28.